The molecule has 0 amide bonds. The molecule has 27 heavy (non-hydrogen) atoms. The Balaban J connectivity index is 1.21. The molecule has 0 aromatic carbocycles. The minimum absolute atomic E-state index is 0.0630. The van der Waals surface area contributed by atoms with E-state index >= 15 is 0 Å². The van der Waals surface area contributed by atoms with Crippen LogP contribution in [0.2, 0.25) is 0 Å². The Kier molecular flexibility index (Phi) is 4.24. The number of piperidine rings is 1. The molecule has 0 radical (unpaired) electrons. The molecule has 1 aliphatic heterocycles. The van der Waals surface area contributed by atoms with Crippen LogP contribution in [0.1, 0.15) is 36.3 Å². The number of nitrogens with zero attached hydrogens (tertiary/aromatic N) is 6. The van der Waals surface area contributed by atoms with Gasteiger partial charge in [0.2, 0.25) is 0 Å². The second kappa shape index (κ2) is 6.88. The van der Waals surface area contributed by atoms with Crippen molar-refractivity contribution < 1.29 is 0 Å². The number of hydrogen-bond acceptors (Lipinski definition) is 5. The largest absolute Gasteiger partial charge is 0.296 e. The quantitative estimate of drug-likeness (QED) is 0.705. The van der Waals surface area contributed by atoms with Gasteiger partial charge in [-0.3, -0.25) is 14.1 Å². The van der Waals surface area contributed by atoms with Gasteiger partial charge in [-0.2, -0.15) is 5.10 Å². The fourth-order valence-electron chi connectivity index (χ4n) is 4.34. The Bertz CT molecular complexity index is 1010. The first-order chi connectivity index (χ1) is 13.3. The fourth-order valence-corrected chi connectivity index (χ4v) is 4.34. The zero-order valence-corrected chi connectivity index (χ0v) is 15.4. The second-order valence-electron chi connectivity index (χ2n) is 7.75. The number of aromatic nitrogens is 5. The summed E-state index contributed by atoms with van der Waals surface area (Å²) in [5, 5.41) is 13.2. The van der Waals surface area contributed by atoms with Gasteiger partial charge in [-0.1, -0.05) is 6.07 Å². The topological polar surface area (TPSA) is 68.3 Å². The lowest BCUT2D eigenvalue weighted by atomic mass is 9.97. The van der Waals surface area contributed by atoms with Crippen LogP contribution in [0, 0.1) is 5.92 Å². The van der Waals surface area contributed by atoms with Crippen LogP contribution in [0.15, 0.2) is 35.3 Å². The summed E-state index contributed by atoms with van der Waals surface area (Å²) in [6, 6.07) is 7.77. The first kappa shape index (κ1) is 16.6. The van der Waals surface area contributed by atoms with E-state index in [4.69, 9.17) is 0 Å². The second-order valence-corrected chi connectivity index (χ2v) is 7.75. The Morgan fingerprint density at radius 2 is 2.00 bits per heavy atom. The molecule has 1 aliphatic carbocycles. The van der Waals surface area contributed by atoms with Crippen LogP contribution in [0.25, 0.3) is 5.65 Å². The SMILES string of the molecule is O=c1cc2c(nn1CC1CCN(Cc3nnc4ccccn34)CC1)CCC2. The van der Waals surface area contributed by atoms with Crippen molar-refractivity contribution in [2.24, 2.45) is 5.92 Å². The lowest BCUT2D eigenvalue weighted by Crippen LogP contribution is -2.37. The van der Waals surface area contributed by atoms with Crippen LogP contribution in [0.5, 0.6) is 0 Å². The summed E-state index contributed by atoms with van der Waals surface area (Å²) in [5.74, 6) is 1.50. The maximum atomic E-state index is 12.3. The van der Waals surface area contributed by atoms with Crippen LogP contribution in [-0.4, -0.2) is 42.4 Å². The zero-order chi connectivity index (χ0) is 18.2. The fraction of sp³-hybridized carbons (Fsp3) is 0.500. The van der Waals surface area contributed by atoms with Crippen molar-refractivity contribution >= 4 is 5.65 Å². The van der Waals surface area contributed by atoms with Crippen LogP contribution in [-0.2, 0) is 25.9 Å². The van der Waals surface area contributed by atoms with E-state index < -0.39 is 0 Å². The molecule has 7 heteroatoms. The van der Waals surface area contributed by atoms with Gasteiger partial charge < -0.3 is 0 Å². The number of rotatable bonds is 4. The van der Waals surface area contributed by atoms with Crippen molar-refractivity contribution in [3.63, 3.8) is 0 Å². The highest BCUT2D eigenvalue weighted by molar-refractivity contribution is 5.36. The molecule has 3 aromatic heterocycles. The highest BCUT2D eigenvalue weighted by Gasteiger charge is 2.23. The van der Waals surface area contributed by atoms with E-state index in [1.54, 1.807) is 10.7 Å². The summed E-state index contributed by atoms with van der Waals surface area (Å²) in [7, 11) is 0. The molecule has 3 aromatic rings. The van der Waals surface area contributed by atoms with Gasteiger partial charge in [0.25, 0.3) is 5.56 Å². The van der Waals surface area contributed by atoms with Crippen LogP contribution < -0.4 is 5.56 Å². The van der Waals surface area contributed by atoms with E-state index in [0.717, 1.165) is 81.0 Å². The maximum absolute atomic E-state index is 12.3. The Labute approximate surface area is 157 Å². The molecule has 0 bridgehead atoms. The third-order valence-corrected chi connectivity index (χ3v) is 5.91. The summed E-state index contributed by atoms with van der Waals surface area (Å²) >= 11 is 0. The molecule has 1 fully saturated rings. The smallest absolute Gasteiger partial charge is 0.267 e. The van der Waals surface area contributed by atoms with E-state index in [9.17, 15) is 4.79 Å². The van der Waals surface area contributed by atoms with Gasteiger partial charge in [-0.05, 0) is 68.8 Å². The molecule has 2 aliphatic rings. The predicted molar refractivity (Wildman–Crippen MR) is 102 cm³/mol. The molecule has 1 saturated heterocycles. The van der Waals surface area contributed by atoms with Gasteiger partial charge in [0.1, 0.15) is 0 Å². The Morgan fingerprint density at radius 3 is 2.89 bits per heavy atom. The standard InChI is InChI=1S/C20H24N6O/c27-20-12-16-4-3-5-17(16)23-26(20)13-15-7-10-24(11-8-15)14-19-22-21-18-6-1-2-9-25(18)19/h1-2,6,9,12,15H,3-5,7-8,10-11,13-14H2. The number of likely N-dealkylation sites (tertiary alicyclic amines) is 1. The molecule has 7 nitrogen and oxygen atoms in total. The van der Waals surface area contributed by atoms with E-state index in [-0.39, 0.29) is 5.56 Å². The van der Waals surface area contributed by atoms with E-state index in [2.05, 4.69) is 24.6 Å². The summed E-state index contributed by atoms with van der Waals surface area (Å²) in [4.78, 5) is 14.8. The molecule has 0 N–H and O–H groups in total. The molecule has 0 atom stereocenters. The number of hydrogen-bond donors (Lipinski definition) is 0. The van der Waals surface area contributed by atoms with E-state index in [0.29, 0.717) is 5.92 Å². The number of fused-ring (bicyclic) bond motifs is 2. The molecular formula is C20H24N6O. The summed E-state index contributed by atoms with van der Waals surface area (Å²) in [6.45, 7) is 3.60. The van der Waals surface area contributed by atoms with Gasteiger partial charge in [0.05, 0.1) is 12.2 Å². The molecule has 5 rings (SSSR count). The Hall–Kier alpha value is -2.54. The first-order valence-corrected chi connectivity index (χ1v) is 9.87. The van der Waals surface area contributed by atoms with Crippen LogP contribution in [0.3, 0.4) is 0 Å². The minimum Gasteiger partial charge on any atom is -0.296 e. The molecular weight excluding hydrogens is 340 g/mol. The number of pyridine rings is 1. The van der Waals surface area contributed by atoms with Crippen molar-refractivity contribution in [1.29, 1.82) is 0 Å². The minimum atomic E-state index is 0.0630. The van der Waals surface area contributed by atoms with Gasteiger partial charge in [0, 0.05) is 18.8 Å². The van der Waals surface area contributed by atoms with Crippen molar-refractivity contribution in [1.82, 2.24) is 29.3 Å². The van der Waals surface area contributed by atoms with Crippen LogP contribution in [0.4, 0.5) is 0 Å². The molecule has 4 heterocycles. The van der Waals surface area contributed by atoms with Crippen molar-refractivity contribution in [2.75, 3.05) is 13.1 Å². The van der Waals surface area contributed by atoms with Crippen LogP contribution >= 0.6 is 0 Å². The summed E-state index contributed by atoms with van der Waals surface area (Å²) < 4.78 is 3.76. The normalized spacial score (nSPS) is 18.2. The van der Waals surface area contributed by atoms with E-state index in [1.165, 1.54) is 0 Å². The van der Waals surface area contributed by atoms with Gasteiger partial charge in [-0.25, -0.2) is 4.68 Å². The highest BCUT2D eigenvalue weighted by Crippen LogP contribution is 2.21. The van der Waals surface area contributed by atoms with Gasteiger partial charge >= 0.3 is 0 Å². The Morgan fingerprint density at radius 1 is 1.11 bits per heavy atom. The average molecular weight is 364 g/mol. The average Bonchev–Trinajstić information content (AvgIpc) is 3.30. The van der Waals surface area contributed by atoms with E-state index in [1.807, 2.05) is 24.4 Å². The van der Waals surface area contributed by atoms with Gasteiger partial charge in [0.15, 0.2) is 11.5 Å². The zero-order valence-electron chi connectivity index (χ0n) is 15.4. The number of aryl methyl sites for hydroxylation is 2. The molecule has 0 saturated carbocycles. The molecule has 0 unspecified atom stereocenters. The van der Waals surface area contributed by atoms with Crippen molar-refractivity contribution in [2.45, 2.75) is 45.2 Å². The van der Waals surface area contributed by atoms with Crippen molar-refractivity contribution in [3.8, 4) is 0 Å². The lowest BCUT2D eigenvalue weighted by molar-refractivity contribution is 0.160. The molecule has 140 valence electrons. The first-order valence-electron chi connectivity index (χ1n) is 9.87. The summed E-state index contributed by atoms with van der Waals surface area (Å²) in [6.07, 6.45) is 7.34. The summed E-state index contributed by atoms with van der Waals surface area (Å²) in [5.41, 5.74) is 3.25. The highest BCUT2D eigenvalue weighted by atomic mass is 16.1. The monoisotopic (exact) mass is 364 g/mol. The third-order valence-electron chi connectivity index (χ3n) is 5.91. The maximum Gasteiger partial charge on any atom is 0.267 e. The van der Waals surface area contributed by atoms with Gasteiger partial charge in [-0.15, -0.1) is 10.2 Å². The predicted octanol–water partition coefficient (Wildman–Crippen LogP) is 1.69. The lowest BCUT2D eigenvalue weighted by Gasteiger charge is -2.31. The third kappa shape index (κ3) is 3.27. The molecule has 0 spiro atoms. The van der Waals surface area contributed by atoms with Crippen molar-refractivity contribution in [3.05, 3.63) is 57.9 Å².